The van der Waals surface area contributed by atoms with Crippen molar-refractivity contribution >= 4 is 38.9 Å². The second-order valence-electron chi connectivity index (χ2n) is 12.4. The van der Waals surface area contributed by atoms with Crippen molar-refractivity contribution in [2.24, 2.45) is 0 Å². The van der Waals surface area contributed by atoms with Crippen molar-refractivity contribution in [2.45, 2.75) is 5.41 Å². The van der Waals surface area contributed by atoms with Gasteiger partial charge in [0.2, 0.25) is 0 Å². The van der Waals surface area contributed by atoms with E-state index in [1.165, 1.54) is 44.8 Å². The lowest BCUT2D eigenvalue weighted by atomic mass is 9.64. The SMILES string of the molecule is N#Cc1ccc2c(c1)c1ccccc1n2-c1cccc(N2c3ccccc3C3(c4ccccc4-c4ccccc43)c3ccccc32)c1. The molecule has 0 N–H and O–H groups in total. The third-order valence-electron chi connectivity index (χ3n) is 10.2. The van der Waals surface area contributed by atoms with Gasteiger partial charge in [-0.1, -0.05) is 109 Å². The summed E-state index contributed by atoms with van der Waals surface area (Å²) in [5.41, 5.74) is 14.8. The maximum Gasteiger partial charge on any atom is 0.0991 e. The van der Waals surface area contributed by atoms with E-state index in [0.717, 1.165) is 33.2 Å². The minimum Gasteiger partial charge on any atom is -0.310 e. The molecular weight excluding hydrogens is 571 g/mol. The molecule has 0 saturated carbocycles. The molecule has 0 radical (unpaired) electrons. The summed E-state index contributed by atoms with van der Waals surface area (Å²) in [5.74, 6) is 0. The number of anilines is 3. The minimum atomic E-state index is -0.431. The fraction of sp³-hybridized carbons (Fsp3) is 0.0227. The molecule has 0 unspecified atom stereocenters. The molecule has 1 aliphatic carbocycles. The number of rotatable bonds is 2. The van der Waals surface area contributed by atoms with Crippen LogP contribution >= 0.6 is 0 Å². The molecule has 0 saturated heterocycles. The lowest BCUT2D eigenvalue weighted by Crippen LogP contribution is -2.36. The number of hydrogen-bond donors (Lipinski definition) is 0. The highest BCUT2D eigenvalue weighted by Crippen LogP contribution is 2.63. The van der Waals surface area contributed by atoms with Crippen molar-refractivity contribution in [3.05, 3.63) is 192 Å². The van der Waals surface area contributed by atoms with Crippen LogP contribution in [-0.4, -0.2) is 4.57 Å². The van der Waals surface area contributed by atoms with Crippen molar-refractivity contribution in [3.8, 4) is 22.9 Å². The summed E-state index contributed by atoms with van der Waals surface area (Å²) in [7, 11) is 0. The highest BCUT2D eigenvalue weighted by Gasteiger charge is 2.51. The van der Waals surface area contributed by atoms with Crippen LogP contribution < -0.4 is 4.90 Å². The van der Waals surface area contributed by atoms with E-state index >= 15 is 0 Å². The summed E-state index contributed by atoms with van der Waals surface area (Å²) < 4.78 is 2.32. The van der Waals surface area contributed by atoms with Crippen LogP contribution in [0.1, 0.15) is 27.8 Å². The molecule has 10 rings (SSSR count). The summed E-state index contributed by atoms with van der Waals surface area (Å²) in [6.45, 7) is 0. The molecule has 3 heteroatoms. The van der Waals surface area contributed by atoms with Crippen LogP contribution in [0.25, 0.3) is 38.6 Å². The van der Waals surface area contributed by atoms with E-state index in [4.69, 9.17) is 0 Å². The molecule has 8 aromatic rings. The smallest absolute Gasteiger partial charge is 0.0991 e. The zero-order valence-electron chi connectivity index (χ0n) is 25.4. The second kappa shape index (κ2) is 9.57. The van der Waals surface area contributed by atoms with Crippen LogP contribution in [0.3, 0.4) is 0 Å². The molecule has 218 valence electrons. The molecule has 1 aromatic heterocycles. The number of nitrogens with zero attached hydrogens (tertiary/aromatic N) is 3. The van der Waals surface area contributed by atoms with Gasteiger partial charge in [0.25, 0.3) is 0 Å². The summed E-state index contributed by atoms with van der Waals surface area (Å²) in [5, 5.41) is 11.9. The first-order valence-corrected chi connectivity index (χ1v) is 16.0. The number of para-hydroxylation sites is 3. The van der Waals surface area contributed by atoms with E-state index in [-0.39, 0.29) is 0 Å². The molecule has 0 fully saturated rings. The molecule has 7 aromatic carbocycles. The quantitative estimate of drug-likeness (QED) is 0.199. The van der Waals surface area contributed by atoms with Gasteiger partial charge in [0.15, 0.2) is 0 Å². The monoisotopic (exact) mass is 597 g/mol. The van der Waals surface area contributed by atoms with Crippen LogP contribution in [0.5, 0.6) is 0 Å². The van der Waals surface area contributed by atoms with Gasteiger partial charge in [0.05, 0.1) is 39.5 Å². The average Bonchev–Trinajstić information content (AvgIpc) is 3.63. The van der Waals surface area contributed by atoms with Crippen molar-refractivity contribution in [3.63, 3.8) is 0 Å². The van der Waals surface area contributed by atoms with Gasteiger partial charge in [-0.05, 0) is 88.0 Å². The highest BCUT2D eigenvalue weighted by molar-refractivity contribution is 6.09. The number of nitriles is 1. The van der Waals surface area contributed by atoms with Crippen molar-refractivity contribution in [1.82, 2.24) is 4.57 Å². The van der Waals surface area contributed by atoms with Gasteiger partial charge in [-0.3, -0.25) is 0 Å². The van der Waals surface area contributed by atoms with E-state index in [1.807, 2.05) is 12.1 Å². The van der Waals surface area contributed by atoms with Crippen molar-refractivity contribution in [2.75, 3.05) is 4.90 Å². The van der Waals surface area contributed by atoms with Crippen LogP contribution in [0.2, 0.25) is 0 Å². The maximum atomic E-state index is 9.66. The number of benzene rings is 7. The molecule has 2 aliphatic rings. The molecule has 3 nitrogen and oxygen atoms in total. The molecule has 1 aliphatic heterocycles. The van der Waals surface area contributed by atoms with Gasteiger partial charge < -0.3 is 9.47 Å². The third kappa shape index (κ3) is 3.34. The number of hydrogen-bond acceptors (Lipinski definition) is 2. The second-order valence-corrected chi connectivity index (χ2v) is 12.4. The number of aromatic nitrogens is 1. The predicted octanol–water partition coefficient (Wildman–Crippen LogP) is 10.8. The van der Waals surface area contributed by atoms with Crippen LogP contribution in [0.15, 0.2) is 164 Å². The Labute approximate surface area is 272 Å². The summed E-state index contributed by atoms with van der Waals surface area (Å²) in [6.07, 6.45) is 0. The van der Waals surface area contributed by atoms with Crippen LogP contribution in [0, 0.1) is 11.3 Å². The first-order valence-electron chi connectivity index (χ1n) is 16.0. The van der Waals surface area contributed by atoms with Gasteiger partial charge in [-0.2, -0.15) is 5.26 Å². The van der Waals surface area contributed by atoms with Crippen LogP contribution in [0.4, 0.5) is 17.1 Å². The topological polar surface area (TPSA) is 32.0 Å². The normalized spacial score (nSPS) is 13.6. The Hall–Kier alpha value is -6.37. The maximum absolute atomic E-state index is 9.66. The summed E-state index contributed by atoms with van der Waals surface area (Å²) >= 11 is 0. The Balaban J connectivity index is 1.24. The highest BCUT2D eigenvalue weighted by atomic mass is 15.2. The number of fused-ring (bicyclic) bond motifs is 12. The Bertz CT molecular complexity index is 2520. The van der Waals surface area contributed by atoms with Crippen molar-refractivity contribution in [1.29, 1.82) is 5.26 Å². The zero-order valence-corrected chi connectivity index (χ0v) is 25.4. The van der Waals surface area contributed by atoms with Crippen molar-refractivity contribution < 1.29 is 0 Å². The average molecular weight is 598 g/mol. The Morgan fingerprint density at radius 3 is 1.68 bits per heavy atom. The minimum absolute atomic E-state index is 0.431. The molecule has 0 amide bonds. The fourth-order valence-electron chi connectivity index (χ4n) is 8.43. The lowest BCUT2D eigenvalue weighted by Gasteiger charge is -2.45. The van der Waals surface area contributed by atoms with E-state index in [1.54, 1.807) is 0 Å². The Morgan fingerprint density at radius 2 is 1.00 bits per heavy atom. The third-order valence-corrected chi connectivity index (χ3v) is 10.2. The van der Waals surface area contributed by atoms with Gasteiger partial charge in [0, 0.05) is 22.1 Å². The predicted molar refractivity (Wildman–Crippen MR) is 191 cm³/mol. The first kappa shape index (κ1) is 25.9. The largest absolute Gasteiger partial charge is 0.310 e. The summed E-state index contributed by atoms with van der Waals surface area (Å²) in [4.78, 5) is 2.44. The van der Waals surface area contributed by atoms with E-state index in [9.17, 15) is 5.26 Å². The standard InChI is InChI=1S/C44H27N3/c45-28-29-24-25-41-35(26-29)34-16-3-8-21-40(34)46(41)30-12-11-13-31(27-30)47-42-22-9-6-19-38(42)44(39-20-7-10-23-43(39)47)36-17-4-1-14-32(36)33-15-2-5-18-37(33)44/h1-27H. The van der Waals surface area contributed by atoms with Gasteiger partial charge in [0.1, 0.15) is 0 Å². The van der Waals surface area contributed by atoms with E-state index in [2.05, 4.69) is 167 Å². The first-order chi connectivity index (χ1) is 23.3. The van der Waals surface area contributed by atoms with E-state index < -0.39 is 5.41 Å². The molecule has 1 spiro atoms. The zero-order chi connectivity index (χ0) is 31.1. The van der Waals surface area contributed by atoms with Gasteiger partial charge in [-0.25, -0.2) is 0 Å². The molecule has 2 heterocycles. The molecule has 0 bridgehead atoms. The molecule has 0 atom stereocenters. The Kier molecular flexibility index (Phi) is 5.27. The van der Waals surface area contributed by atoms with Gasteiger partial charge in [-0.15, -0.1) is 0 Å². The lowest BCUT2D eigenvalue weighted by molar-refractivity contribution is 0.752. The molecular formula is C44H27N3. The Morgan fingerprint density at radius 1 is 0.447 bits per heavy atom. The molecule has 47 heavy (non-hydrogen) atoms. The van der Waals surface area contributed by atoms with E-state index in [0.29, 0.717) is 5.56 Å². The van der Waals surface area contributed by atoms with Crippen LogP contribution in [-0.2, 0) is 5.41 Å². The summed E-state index contributed by atoms with van der Waals surface area (Å²) in [6, 6.07) is 61.3. The van der Waals surface area contributed by atoms with Gasteiger partial charge >= 0.3 is 0 Å². The fourth-order valence-corrected chi connectivity index (χ4v) is 8.43.